The number of nitrogens with one attached hydrogen (secondary N) is 1. The van der Waals surface area contributed by atoms with Crippen LogP contribution in [-0.2, 0) is 6.42 Å². The van der Waals surface area contributed by atoms with Crippen molar-refractivity contribution in [2.24, 2.45) is 5.73 Å². The lowest BCUT2D eigenvalue weighted by molar-refractivity contribution is 0.607. The predicted octanol–water partition coefficient (Wildman–Crippen LogP) is 3.87. The highest BCUT2D eigenvalue weighted by atomic mass is 14.7. The number of hydrogen-bond acceptors (Lipinski definition) is 1. The van der Waals surface area contributed by atoms with Crippen molar-refractivity contribution in [2.45, 2.75) is 51.9 Å². The maximum Gasteiger partial charge on any atom is 0.123 e. The first-order valence-corrected chi connectivity index (χ1v) is 6.68. The molecule has 94 valence electrons. The van der Waals surface area contributed by atoms with Crippen LogP contribution in [-0.4, -0.2) is 5.84 Å². The molecular formula is C15H24N2. The molecule has 0 aliphatic heterocycles. The quantitative estimate of drug-likeness (QED) is 0.399. The van der Waals surface area contributed by atoms with Gasteiger partial charge in [0.1, 0.15) is 5.84 Å². The van der Waals surface area contributed by atoms with Gasteiger partial charge in [-0.05, 0) is 18.4 Å². The number of benzene rings is 1. The second-order valence-corrected chi connectivity index (χ2v) is 4.59. The van der Waals surface area contributed by atoms with E-state index in [0.717, 1.165) is 12.0 Å². The van der Waals surface area contributed by atoms with E-state index in [1.165, 1.54) is 44.1 Å². The van der Waals surface area contributed by atoms with Gasteiger partial charge in [-0.2, -0.15) is 0 Å². The number of amidine groups is 1. The zero-order valence-electron chi connectivity index (χ0n) is 10.8. The van der Waals surface area contributed by atoms with Crippen LogP contribution in [0.15, 0.2) is 24.3 Å². The minimum atomic E-state index is 0.187. The van der Waals surface area contributed by atoms with Gasteiger partial charge in [0, 0.05) is 5.56 Å². The molecule has 0 saturated carbocycles. The number of hydrogen-bond donors (Lipinski definition) is 2. The Morgan fingerprint density at radius 1 is 1.06 bits per heavy atom. The number of aryl methyl sites for hydroxylation is 1. The Morgan fingerprint density at radius 2 is 1.71 bits per heavy atom. The van der Waals surface area contributed by atoms with E-state index in [1.54, 1.807) is 0 Å². The lowest BCUT2D eigenvalue weighted by Gasteiger charge is -2.07. The van der Waals surface area contributed by atoms with Gasteiger partial charge in [-0.15, -0.1) is 0 Å². The van der Waals surface area contributed by atoms with Crippen LogP contribution >= 0.6 is 0 Å². The van der Waals surface area contributed by atoms with Crippen LogP contribution in [0.3, 0.4) is 0 Å². The fraction of sp³-hybridized carbons (Fsp3) is 0.533. The average molecular weight is 232 g/mol. The number of unbranched alkanes of at least 4 members (excludes halogenated alkanes) is 5. The third kappa shape index (κ3) is 5.03. The van der Waals surface area contributed by atoms with Crippen molar-refractivity contribution >= 4 is 5.84 Å². The maximum absolute atomic E-state index is 7.53. The van der Waals surface area contributed by atoms with Crippen LogP contribution in [0.5, 0.6) is 0 Å². The van der Waals surface area contributed by atoms with Gasteiger partial charge in [0.2, 0.25) is 0 Å². The Bertz CT molecular complexity index is 345. The number of rotatable bonds is 8. The lowest BCUT2D eigenvalue weighted by atomic mass is 10.00. The third-order valence-electron chi connectivity index (χ3n) is 3.11. The first kappa shape index (κ1) is 13.8. The second-order valence-electron chi connectivity index (χ2n) is 4.59. The van der Waals surface area contributed by atoms with Crippen LogP contribution in [0.25, 0.3) is 0 Å². The molecule has 0 spiro atoms. The summed E-state index contributed by atoms with van der Waals surface area (Å²) in [4.78, 5) is 0. The molecule has 3 N–H and O–H groups in total. The minimum absolute atomic E-state index is 0.187. The van der Waals surface area contributed by atoms with Crippen molar-refractivity contribution < 1.29 is 0 Å². The van der Waals surface area contributed by atoms with E-state index in [0.29, 0.717) is 0 Å². The van der Waals surface area contributed by atoms with Gasteiger partial charge < -0.3 is 5.73 Å². The summed E-state index contributed by atoms with van der Waals surface area (Å²) in [7, 11) is 0. The number of nitrogen functional groups attached to an aromatic ring is 1. The van der Waals surface area contributed by atoms with E-state index in [1.807, 2.05) is 18.2 Å². The topological polar surface area (TPSA) is 49.9 Å². The van der Waals surface area contributed by atoms with Crippen molar-refractivity contribution in [2.75, 3.05) is 0 Å². The van der Waals surface area contributed by atoms with Crippen LogP contribution in [0.4, 0.5) is 0 Å². The molecule has 0 saturated heterocycles. The Hall–Kier alpha value is -1.31. The Labute approximate surface area is 105 Å². The van der Waals surface area contributed by atoms with E-state index in [2.05, 4.69) is 13.0 Å². The fourth-order valence-electron chi connectivity index (χ4n) is 2.10. The first-order valence-electron chi connectivity index (χ1n) is 6.68. The zero-order valence-corrected chi connectivity index (χ0v) is 10.8. The average Bonchev–Trinajstić information content (AvgIpc) is 2.34. The molecule has 0 atom stereocenters. The molecule has 0 fully saturated rings. The Balaban J connectivity index is 2.34. The minimum Gasteiger partial charge on any atom is -0.384 e. The summed E-state index contributed by atoms with van der Waals surface area (Å²) in [6.45, 7) is 2.24. The second kappa shape index (κ2) is 7.88. The molecule has 1 rings (SSSR count). The van der Waals surface area contributed by atoms with Gasteiger partial charge in [-0.3, -0.25) is 5.41 Å². The highest BCUT2D eigenvalue weighted by Gasteiger charge is 2.03. The molecule has 0 unspecified atom stereocenters. The van der Waals surface area contributed by atoms with E-state index in [-0.39, 0.29) is 5.84 Å². The summed E-state index contributed by atoms with van der Waals surface area (Å²) in [5, 5.41) is 7.53. The Morgan fingerprint density at radius 3 is 2.41 bits per heavy atom. The van der Waals surface area contributed by atoms with Crippen LogP contribution in [0.1, 0.15) is 56.6 Å². The third-order valence-corrected chi connectivity index (χ3v) is 3.11. The summed E-state index contributed by atoms with van der Waals surface area (Å²) in [6, 6.07) is 8.00. The molecule has 0 heterocycles. The molecule has 17 heavy (non-hydrogen) atoms. The Kier molecular flexibility index (Phi) is 6.38. The zero-order chi connectivity index (χ0) is 12.5. The number of nitrogens with two attached hydrogens (primary N) is 1. The largest absolute Gasteiger partial charge is 0.384 e. The van der Waals surface area contributed by atoms with E-state index in [4.69, 9.17) is 11.1 Å². The van der Waals surface area contributed by atoms with Crippen molar-refractivity contribution in [1.29, 1.82) is 5.41 Å². The van der Waals surface area contributed by atoms with Crippen molar-refractivity contribution in [1.82, 2.24) is 0 Å². The maximum atomic E-state index is 7.53. The molecular weight excluding hydrogens is 208 g/mol. The van der Waals surface area contributed by atoms with E-state index < -0.39 is 0 Å². The molecule has 0 radical (unpaired) electrons. The van der Waals surface area contributed by atoms with Gasteiger partial charge in [-0.1, -0.05) is 63.3 Å². The predicted molar refractivity (Wildman–Crippen MR) is 74.5 cm³/mol. The van der Waals surface area contributed by atoms with Crippen molar-refractivity contribution in [3.63, 3.8) is 0 Å². The molecule has 0 amide bonds. The van der Waals surface area contributed by atoms with E-state index in [9.17, 15) is 0 Å². The van der Waals surface area contributed by atoms with Crippen LogP contribution in [0, 0.1) is 5.41 Å². The molecule has 1 aromatic carbocycles. The summed E-state index contributed by atoms with van der Waals surface area (Å²) in [5.41, 5.74) is 7.69. The SMILES string of the molecule is CCCCCCCCc1ccccc1C(=N)N. The summed E-state index contributed by atoms with van der Waals surface area (Å²) < 4.78 is 0. The molecule has 0 bridgehead atoms. The fourth-order valence-corrected chi connectivity index (χ4v) is 2.10. The van der Waals surface area contributed by atoms with Gasteiger partial charge in [-0.25, -0.2) is 0 Å². The standard InChI is InChI=1S/C15H24N2/c1-2-3-4-5-6-7-10-13-11-8-9-12-14(13)15(16)17/h8-9,11-12H,2-7,10H2,1H3,(H3,16,17). The highest BCUT2D eigenvalue weighted by molar-refractivity contribution is 5.96. The smallest absolute Gasteiger partial charge is 0.123 e. The van der Waals surface area contributed by atoms with Gasteiger partial charge >= 0.3 is 0 Å². The van der Waals surface area contributed by atoms with Crippen LogP contribution in [0.2, 0.25) is 0 Å². The summed E-state index contributed by atoms with van der Waals surface area (Å²) >= 11 is 0. The molecule has 0 aromatic heterocycles. The molecule has 0 aliphatic rings. The lowest BCUT2D eigenvalue weighted by Crippen LogP contribution is -2.13. The van der Waals surface area contributed by atoms with Crippen LogP contribution < -0.4 is 5.73 Å². The van der Waals surface area contributed by atoms with Crippen molar-refractivity contribution in [3.05, 3.63) is 35.4 Å². The van der Waals surface area contributed by atoms with Crippen molar-refractivity contribution in [3.8, 4) is 0 Å². The van der Waals surface area contributed by atoms with Gasteiger partial charge in [0.05, 0.1) is 0 Å². The summed E-state index contributed by atoms with van der Waals surface area (Å²) in [5.74, 6) is 0.187. The highest BCUT2D eigenvalue weighted by Crippen LogP contribution is 2.13. The van der Waals surface area contributed by atoms with E-state index >= 15 is 0 Å². The monoisotopic (exact) mass is 232 g/mol. The molecule has 2 nitrogen and oxygen atoms in total. The molecule has 2 heteroatoms. The normalized spacial score (nSPS) is 10.4. The first-order chi connectivity index (χ1) is 8.25. The van der Waals surface area contributed by atoms with Gasteiger partial charge in [0.15, 0.2) is 0 Å². The van der Waals surface area contributed by atoms with Gasteiger partial charge in [0.25, 0.3) is 0 Å². The molecule has 0 aliphatic carbocycles. The summed E-state index contributed by atoms with van der Waals surface area (Å²) in [6.07, 6.45) is 8.86. The molecule has 1 aromatic rings.